The van der Waals surface area contributed by atoms with Crippen molar-refractivity contribution in [1.82, 2.24) is 0 Å². The van der Waals surface area contributed by atoms with Crippen LogP contribution in [0.3, 0.4) is 0 Å². The molecule has 3 unspecified atom stereocenters. The maximum absolute atomic E-state index is 12.8. The van der Waals surface area contributed by atoms with E-state index in [0.29, 0.717) is 11.7 Å². The van der Waals surface area contributed by atoms with Gasteiger partial charge in [-0.1, -0.05) is 48.9 Å². The van der Waals surface area contributed by atoms with Crippen LogP contribution < -0.4 is 0 Å². The van der Waals surface area contributed by atoms with Crippen LogP contribution in [-0.2, 0) is 4.79 Å². The Hall–Kier alpha value is -2.75. The molecule has 0 radical (unpaired) electrons. The number of nitro benzene ring substituents is 1. The normalized spacial score (nSPS) is 26.2. The zero-order chi connectivity index (χ0) is 19.6. The molecular formula is C24H25NO3. The Kier molecular flexibility index (Phi) is 5.12. The fourth-order valence-corrected chi connectivity index (χ4v) is 5.25. The highest BCUT2D eigenvalue weighted by Crippen LogP contribution is 2.64. The molecule has 2 aromatic carbocycles. The SMILES string of the molecule is O=C1C2CCCC1(CCC/C=C/c1ccc([N+](=O)[O-])cc1)C2c1ccccc1. The molecule has 0 aromatic heterocycles. The van der Waals surface area contributed by atoms with E-state index in [2.05, 4.69) is 30.3 Å². The maximum atomic E-state index is 12.8. The lowest BCUT2D eigenvalue weighted by Gasteiger charge is -2.58. The second-order valence-corrected chi connectivity index (χ2v) is 8.05. The Morgan fingerprint density at radius 2 is 1.86 bits per heavy atom. The summed E-state index contributed by atoms with van der Waals surface area (Å²) in [5.41, 5.74) is 2.25. The highest BCUT2D eigenvalue weighted by molar-refractivity contribution is 5.96. The minimum absolute atomic E-state index is 0.110. The van der Waals surface area contributed by atoms with Crippen molar-refractivity contribution >= 4 is 17.5 Å². The molecule has 4 nitrogen and oxygen atoms in total. The molecule has 4 rings (SSSR count). The third-order valence-corrected chi connectivity index (χ3v) is 6.53. The molecule has 3 atom stereocenters. The standard InChI is InChI=1S/C24H25NO3/c26-23-21-11-7-17-24(23,22(21)19-9-4-1-5-10-19)16-6-2-3-8-18-12-14-20(15-13-18)25(27)28/h1,3-5,8-10,12-15,21-22H,2,6-7,11,16-17H2/b8-3+. The van der Waals surface area contributed by atoms with E-state index >= 15 is 0 Å². The number of carbonyl (C=O) groups excluding carboxylic acids is 1. The lowest BCUT2D eigenvalue weighted by molar-refractivity contribution is -0.384. The van der Waals surface area contributed by atoms with Crippen LogP contribution in [0.1, 0.15) is 55.6 Å². The topological polar surface area (TPSA) is 60.2 Å². The molecule has 2 bridgehead atoms. The van der Waals surface area contributed by atoms with Crippen LogP contribution in [0.5, 0.6) is 0 Å². The molecular weight excluding hydrogens is 350 g/mol. The molecule has 0 saturated heterocycles. The third kappa shape index (κ3) is 3.28. The summed E-state index contributed by atoms with van der Waals surface area (Å²) in [6, 6.07) is 17.1. The van der Waals surface area contributed by atoms with Gasteiger partial charge in [-0.15, -0.1) is 0 Å². The number of non-ortho nitro benzene ring substituents is 1. The third-order valence-electron chi connectivity index (χ3n) is 6.53. The number of hydrogen-bond donors (Lipinski definition) is 0. The molecule has 0 heterocycles. The number of fused-ring (bicyclic) bond motifs is 2. The number of nitrogens with zero attached hydrogens (tertiary/aromatic N) is 1. The number of allylic oxidation sites excluding steroid dienone is 1. The number of nitro groups is 1. The Labute approximate surface area is 165 Å². The second kappa shape index (κ2) is 7.70. The molecule has 0 amide bonds. The molecule has 28 heavy (non-hydrogen) atoms. The van der Waals surface area contributed by atoms with Crippen molar-refractivity contribution in [3.63, 3.8) is 0 Å². The molecule has 2 aliphatic carbocycles. The summed E-state index contributed by atoms with van der Waals surface area (Å²) in [7, 11) is 0. The monoisotopic (exact) mass is 375 g/mol. The predicted octanol–water partition coefficient (Wildman–Crippen LogP) is 5.93. The van der Waals surface area contributed by atoms with Crippen LogP contribution in [-0.4, -0.2) is 10.7 Å². The highest BCUT2D eigenvalue weighted by atomic mass is 16.6. The first kappa shape index (κ1) is 18.6. The Balaban J connectivity index is 1.37. The zero-order valence-corrected chi connectivity index (χ0v) is 15.9. The minimum atomic E-state index is -0.386. The predicted molar refractivity (Wildman–Crippen MR) is 110 cm³/mol. The Morgan fingerprint density at radius 3 is 2.54 bits per heavy atom. The summed E-state index contributed by atoms with van der Waals surface area (Å²) in [5, 5.41) is 10.7. The van der Waals surface area contributed by atoms with E-state index in [1.807, 2.05) is 12.1 Å². The number of Topliss-reactive ketones (excluding diaryl/α,β-unsaturated/α-hetero) is 1. The van der Waals surface area contributed by atoms with E-state index in [1.165, 1.54) is 24.1 Å². The van der Waals surface area contributed by atoms with E-state index in [4.69, 9.17) is 0 Å². The molecule has 2 fully saturated rings. The fourth-order valence-electron chi connectivity index (χ4n) is 5.25. The van der Waals surface area contributed by atoms with Crippen LogP contribution in [0.2, 0.25) is 0 Å². The van der Waals surface area contributed by atoms with Gasteiger partial charge in [0, 0.05) is 29.4 Å². The van der Waals surface area contributed by atoms with Crippen LogP contribution >= 0.6 is 0 Å². The number of unbranched alkanes of at least 4 members (excludes halogenated alkanes) is 1. The van der Waals surface area contributed by atoms with Gasteiger partial charge in [-0.25, -0.2) is 0 Å². The van der Waals surface area contributed by atoms with Crippen LogP contribution in [0.25, 0.3) is 6.08 Å². The van der Waals surface area contributed by atoms with Gasteiger partial charge in [-0.05, 0) is 55.4 Å². The van der Waals surface area contributed by atoms with Gasteiger partial charge in [0.05, 0.1) is 4.92 Å². The molecule has 2 aromatic rings. The highest BCUT2D eigenvalue weighted by Gasteiger charge is 2.62. The van der Waals surface area contributed by atoms with Crippen molar-refractivity contribution in [3.8, 4) is 0 Å². The van der Waals surface area contributed by atoms with Crippen molar-refractivity contribution in [1.29, 1.82) is 0 Å². The van der Waals surface area contributed by atoms with Crippen molar-refractivity contribution < 1.29 is 9.72 Å². The average molecular weight is 375 g/mol. The molecule has 0 aliphatic heterocycles. The van der Waals surface area contributed by atoms with E-state index in [-0.39, 0.29) is 21.9 Å². The van der Waals surface area contributed by atoms with E-state index in [0.717, 1.165) is 37.7 Å². The Bertz CT molecular complexity index is 888. The summed E-state index contributed by atoms with van der Waals surface area (Å²) in [6.07, 6.45) is 10.2. The summed E-state index contributed by atoms with van der Waals surface area (Å²) in [5.74, 6) is 1.12. The number of benzene rings is 2. The fraction of sp³-hybridized carbons (Fsp3) is 0.375. The van der Waals surface area contributed by atoms with Gasteiger partial charge in [0.15, 0.2) is 0 Å². The van der Waals surface area contributed by atoms with Crippen LogP contribution in [0.15, 0.2) is 60.7 Å². The van der Waals surface area contributed by atoms with Gasteiger partial charge in [0.2, 0.25) is 0 Å². The maximum Gasteiger partial charge on any atom is 0.269 e. The zero-order valence-electron chi connectivity index (χ0n) is 15.9. The summed E-state index contributed by atoms with van der Waals surface area (Å²) >= 11 is 0. The minimum Gasteiger partial charge on any atom is -0.299 e. The van der Waals surface area contributed by atoms with Gasteiger partial charge in [0.1, 0.15) is 5.78 Å². The number of carbonyl (C=O) groups is 1. The molecule has 0 spiro atoms. The van der Waals surface area contributed by atoms with E-state index < -0.39 is 0 Å². The van der Waals surface area contributed by atoms with Gasteiger partial charge < -0.3 is 0 Å². The number of rotatable bonds is 7. The first-order chi connectivity index (χ1) is 13.6. The van der Waals surface area contributed by atoms with E-state index in [9.17, 15) is 14.9 Å². The van der Waals surface area contributed by atoms with Crippen molar-refractivity contribution in [2.75, 3.05) is 0 Å². The number of ketones is 1. The average Bonchev–Trinajstić information content (AvgIpc) is 2.73. The van der Waals surface area contributed by atoms with Crippen LogP contribution in [0.4, 0.5) is 5.69 Å². The molecule has 2 aliphatic rings. The van der Waals surface area contributed by atoms with Crippen molar-refractivity contribution in [2.45, 2.75) is 44.4 Å². The van der Waals surface area contributed by atoms with Gasteiger partial charge >= 0.3 is 0 Å². The van der Waals surface area contributed by atoms with Crippen LogP contribution in [0, 0.1) is 21.4 Å². The van der Waals surface area contributed by atoms with Gasteiger partial charge in [0.25, 0.3) is 5.69 Å². The lowest BCUT2D eigenvalue weighted by Crippen LogP contribution is -2.58. The van der Waals surface area contributed by atoms with E-state index in [1.54, 1.807) is 12.1 Å². The van der Waals surface area contributed by atoms with Crippen molar-refractivity contribution in [3.05, 3.63) is 81.9 Å². The summed E-state index contributed by atoms with van der Waals surface area (Å²) < 4.78 is 0. The number of hydrogen-bond acceptors (Lipinski definition) is 3. The smallest absolute Gasteiger partial charge is 0.269 e. The second-order valence-electron chi connectivity index (χ2n) is 8.05. The summed E-state index contributed by atoms with van der Waals surface area (Å²) in [6.45, 7) is 0. The first-order valence-electron chi connectivity index (χ1n) is 10.1. The molecule has 144 valence electrons. The molecule has 4 heteroatoms. The van der Waals surface area contributed by atoms with Gasteiger partial charge in [-0.3, -0.25) is 14.9 Å². The van der Waals surface area contributed by atoms with Crippen molar-refractivity contribution in [2.24, 2.45) is 11.3 Å². The molecule has 0 N–H and O–H groups in total. The van der Waals surface area contributed by atoms with Gasteiger partial charge in [-0.2, -0.15) is 0 Å². The Morgan fingerprint density at radius 1 is 1.11 bits per heavy atom. The first-order valence-corrected chi connectivity index (χ1v) is 10.1. The summed E-state index contributed by atoms with van der Waals surface area (Å²) in [4.78, 5) is 23.2. The largest absolute Gasteiger partial charge is 0.299 e. The lowest BCUT2D eigenvalue weighted by atomic mass is 9.43. The quantitative estimate of drug-likeness (QED) is 0.342. The molecule has 2 saturated carbocycles.